The molecule has 1 fully saturated rings. The minimum atomic E-state index is 0.147. The first-order valence-electron chi connectivity index (χ1n) is 10.0. The molecule has 0 aromatic heterocycles. The lowest BCUT2D eigenvalue weighted by Gasteiger charge is -2.31. The zero-order chi connectivity index (χ0) is 18.6. The molecule has 0 radical (unpaired) electrons. The van der Waals surface area contributed by atoms with Crippen LogP contribution in [0.5, 0.6) is 0 Å². The summed E-state index contributed by atoms with van der Waals surface area (Å²) < 4.78 is 11.5. The van der Waals surface area contributed by atoms with Crippen molar-refractivity contribution in [1.29, 1.82) is 0 Å². The Kier molecular flexibility index (Phi) is 9.50. The molecule has 26 heavy (non-hydrogen) atoms. The van der Waals surface area contributed by atoms with Crippen molar-refractivity contribution in [2.75, 3.05) is 39.5 Å². The summed E-state index contributed by atoms with van der Waals surface area (Å²) in [4.78, 5) is 4.82. The van der Waals surface area contributed by atoms with E-state index in [0.717, 1.165) is 64.7 Å². The molecule has 5 heteroatoms. The number of hydrogen-bond donors (Lipinski definition) is 2. The smallest absolute Gasteiger partial charge is 0.191 e. The zero-order valence-electron chi connectivity index (χ0n) is 16.6. The van der Waals surface area contributed by atoms with Gasteiger partial charge in [0, 0.05) is 45.4 Å². The molecule has 2 N–H and O–H groups in total. The Bertz CT molecular complexity index is 531. The van der Waals surface area contributed by atoms with Crippen LogP contribution in [0, 0.1) is 12.8 Å². The Morgan fingerprint density at radius 1 is 1.23 bits per heavy atom. The fourth-order valence-corrected chi connectivity index (χ4v) is 3.23. The van der Waals surface area contributed by atoms with Crippen LogP contribution in [0.15, 0.2) is 29.3 Å². The number of hydrogen-bond acceptors (Lipinski definition) is 3. The first-order valence-corrected chi connectivity index (χ1v) is 10.0. The molecular formula is C21H35N3O2. The number of nitrogens with zero attached hydrogens (tertiary/aromatic N) is 1. The lowest BCUT2D eigenvalue weighted by atomic mass is 9.89. The monoisotopic (exact) mass is 361 g/mol. The summed E-state index contributed by atoms with van der Waals surface area (Å²) in [5.41, 5.74) is 2.55. The number of benzene rings is 1. The van der Waals surface area contributed by atoms with Crippen LogP contribution < -0.4 is 10.6 Å². The third kappa shape index (κ3) is 6.96. The fraction of sp³-hybridized carbons (Fsp3) is 0.667. The molecule has 0 amide bonds. The average Bonchev–Trinajstić information content (AvgIpc) is 2.67. The van der Waals surface area contributed by atoms with Gasteiger partial charge in [0.1, 0.15) is 0 Å². The highest BCUT2D eigenvalue weighted by molar-refractivity contribution is 5.79. The summed E-state index contributed by atoms with van der Waals surface area (Å²) in [6, 6.07) is 8.72. The second-order valence-electron chi connectivity index (χ2n) is 6.80. The van der Waals surface area contributed by atoms with Gasteiger partial charge in [0.15, 0.2) is 5.96 Å². The maximum absolute atomic E-state index is 6.11. The Labute approximate surface area is 158 Å². The van der Waals surface area contributed by atoms with E-state index < -0.39 is 0 Å². The molecule has 1 aliphatic heterocycles. The molecule has 2 rings (SSSR count). The van der Waals surface area contributed by atoms with E-state index in [0.29, 0.717) is 5.92 Å². The van der Waals surface area contributed by atoms with Gasteiger partial charge in [-0.1, -0.05) is 29.8 Å². The quantitative estimate of drug-likeness (QED) is 0.402. The SMILES string of the molecule is CCNC(=NCC1CCCOC1c1ccc(C)cc1)NCCCOCC. The molecular weight excluding hydrogens is 326 g/mol. The van der Waals surface area contributed by atoms with Crippen molar-refractivity contribution >= 4 is 5.96 Å². The van der Waals surface area contributed by atoms with Gasteiger partial charge in [0.2, 0.25) is 0 Å². The van der Waals surface area contributed by atoms with E-state index in [-0.39, 0.29) is 6.10 Å². The summed E-state index contributed by atoms with van der Waals surface area (Å²) in [5, 5.41) is 6.73. The van der Waals surface area contributed by atoms with E-state index in [1.807, 2.05) is 6.92 Å². The lowest BCUT2D eigenvalue weighted by molar-refractivity contribution is -0.0250. The number of ether oxygens (including phenoxy) is 2. The second-order valence-corrected chi connectivity index (χ2v) is 6.80. The van der Waals surface area contributed by atoms with Crippen molar-refractivity contribution in [3.05, 3.63) is 35.4 Å². The maximum Gasteiger partial charge on any atom is 0.191 e. The number of aliphatic imine (C=N–C) groups is 1. The average molecular weight is 362 g/mol. The van der Waals surface area contributed by atoms with Gasteiger partial charge >= 0.3 is 0 Å². The molecule has 0 aliphatic carbocycles. The molecule has 5 nitrogen and oxygen atoms in total. The molecule has 1 heterocycles. The van der Waals surface area contributed by atoms with Crippen LogP contribution in [0.1, 0.15) is 50.3 Å². The normalized spacial score (nSPS) is 20.8. The largest absolute Gasteiger partial charge is 0.382 e. The zero-order valence-corrected chi connectivity index (χ0v) is 16.6. The van der Waals surface area contributed by atoms with Crippen LogP contribution in [0.4, 0.5) is 0 Å². The summed E-state index contributed by atoms with van der Waals surface area (Å²) in [7, 11) is 0. The summed E-state index contributed by atoms with van der Waals surface area (Å²) in [6.45, 7) is 11.1. The van der Waals surface area contributed by atoms with Crippen molar-refractivity contribution in [2.45, 2.75) is 46.1 Å². The van der Waals surface area contributed by atoms with Crippen molar-refractivity contribution in [3.63, 3.8) is 0 Å². The predicted octanol–water partition coefficient (Wildman–Crippen LogP) is 3.44. The number of guanidine groups is 1. The Hall–Kier alpha value is -1.59. The lowest BCUT2D eigenvalue weighted by Crippen LogP contribution is -2.38. The van der Waals surface area contributed by atoms with Crippen molar-refractivity contribution < 1.29 is 9.47 Å². The second kappa shape index (κ2) is 11.9. The molecule has 0 bridgehead atoms. The minimum absolute atomic E-state index is 0.147. The number of nitrogens with one attached hydrogen (secondary N) is 2. The van der Waals surface area contributed by atoms with E-state index in [1.165, 1.54) is 11.1 Å². The highest BCUT2D eigenvalue weighted by Gasteiger charge is 2.27. The first-order chi connectivity index (χ1) is 12.7. The first kappa shape index (κ1) is 20.7. The van der Waals surface area contributed by atoms with Crippen LogP contribution >= 0.6 is 0 Å². The van der Waals surface area contributed by atoms with Gasteiger partial charge in [-0.05, 0) is 45.6 Å². The Morgan fingerprint density at radius 3 is 2.77 bits per heavy atom. The summed E-state index contributed by atoms with van der Waals surface area (Å²) >= 11 is 0. The van der Waals surface area contributed by atoms with E-state index in [9.17, 15) is 0 Å². The highest BCUT2D eigenvalue weighted by atomic mass is 16.5. The van der Waals surface area contributed by atoms with Gasteiger partial charge in [0.25, 0.3) is 0 Å². The molecule has 1 aromatic rings. The molecule has 1 aromatic carbocycles. The minimum Gasteiger partial charge on any atom is -0.382 e. The third-order valence-corrected chi connectivity index (χ3v) is 4.64. The van der Waals surface area contributed by atoms with Gasteiger partial charge in [0.05, 0.1) is 6.10 Å². The maximum atomic E-state index is 6.11. The van der Waals surface area contributed by atoms with Crippen molar-refractivity contribution in [1.82, 2.24) is 10.6 Å². The van der Waals surface area contributed by atoms with E-state index in [4.69, 9.17) is 14.5 Å². The molecule has 0 spiro atoms. The molecule has 1 aliphatic rings. The molecule has 2 atom stereocenters. The van der Waals surface area contributed by atoms with Gasteiger partial charge in [-0.15, -0.1) is 0 Å². The van der Waals surface area contributed by atoms with Gasteiger partial charge in [-0.3, -0.25) is 4.99 Å². The topological polar surface area (TPSA) is 54.9 Å². The standard InChI is InChI=1S/C21H35N3O2/c1-4-22-21(23-13-7-14-25-5-2)24-16-19-8-6-15-26-20(19)18-11-9-17(3)10-12-18/h9-12,19-20H,4-8,13-16H2,1-3H3,(H2,22,23,24). The van der Waals surface area contributed by atoms with E-state index in [1.54, 1.807) is 0 Å². The molecule has 1 saturated heterocycles. The number of aryl methyl sites for hydroxylation is 1. The van der Waals surface area contributed by atoms with Gasteiger partial charge < -0.3 is 20.1 Å². The molecule has 0 saturated carbocycles. The van der Waals surface area contributed by atoms with Crippen LogP contribution in [-0.2, 0) is 9.47 Å². The molecule has 146 valence electrons. The van der Waals surface area contributed by atoms with Crippen LogP contribution in [0.25, 0.3) is 0 Å². The van der Waals surface area contributed by atoms with Crippen molar-refractivity contribution in [2.24, 2.45) is 10.9 Å². The van der Waals surface area contributed by atoms with Gasteiger partial charge in [-0.25, -0.2) is 0 Å². The van der Waals surface area contributed by atoms with E-state index in [2.05, 4.69) is 48.7 Å². The van der Waals surface area contributed by atoms with Crippen molar-refractivity contribution in [3.8, 4) is 0 Å². The van der Waals surface area contributed by atoms with Crippen LogP contribution in [0.3, 0.4) is 0 Å². The third-order valence-electron chi connectivity index (χ3n) is 4.64. The van der Waals surface area contributed by atoms with Crippen LogP contribution in [-0.4, -0.2) is 45.4 Å². The van der Waals surface area contributed by atoms with Gasteiger partial charge in [-0.2, -0.15) is 0 Å². The fourth-order valence-electron chi connectivity index (χ4n) is 3.23. The Balaban J connectivity index is 1.92. The van der Waals surface area contributed by atoms with Crippen LogP contribution in [0.2, 0.25) is 0 Å². The Morgan fingerprint density at radius 2 is 2.04 bits per heavy atom. The highest BCUT2D eigenvalue weighted by Crippen LogP contribution is 2.33. The van der Waals surface area contributed by atoms with E-state index >= 15 is 0 Å². The predicted molar refractivity (Wildman–Crippen MR) is 108 cm³/mol. The summed E-state index contributed by atoms with van der Waals surface area (Å²) in [5.74, 6) is 1.31. The molecule has 2 unspecified atom stereocenters. The summed E-state index contributed by atoms with van der Waals surface area (Å²) in [6.07, 6.45) is 3.40. The number of rotatable bonds is 9.